The highest BCUT2D eigenvalue weighted by atomic mass is 79.9. The van der Waals surface area contributed by atoms with E-state index in [1.54, 1.807) is 0 Å². The maximum atomic E-state index is 6.30. The van der Waals surface area contributed by atoms with E-state index in [9.17, 15) is 0 Å². The van der Waals surface area contributed by atoms with Gasteiger partial charge in [-0.2, -0.15) is 0 Å². The van der Waals surface area contributed by atoms with Gasteiger partial charge >= 0.3 is 21.1 Å². The topological polar surface area (TPSA) is 107 Å². The van der Waals surface area contributed by atoms with E-state index in [0.29, 0.717) is 0 Å². The summed E-state index contributed by atoms with van der Waals surface area (Å²) >= 11 is 3.57. The smallest absolute Gasteiger partial charge is 0.405 e. The second-order valence-corrected chi connectivity index (χ2v) is 27.1. The SMILES string of the molecule is Brc1cccc(-c2cccc(-c3cnc4c5ccccc5c5ccccc5c4n3)c2)c1.CC1(C)OB(B2OC(C)(C)C(C)(C)O2)OC1(C)C.CC1(C)OB(c2cccc(-c3cccc(-c4cnc5c6ccccc6c6ccccc6c5n4)c3)c2)OC1(C)C. The maximum absolute atomic E-state index is 6.30. The highest BCUT2D eigenvalue weighted by Gasteiger charge is 2.64. The van der Waals surface area contributed by atoms with Gasteiger partial charge in [-0.15, -0.1) is 0 Å². The Labute approximate surface area is 524 Å². The van der Waals surface area contributed by atoms with E-state index in [0.717, 1.165) is 92.8 Å². The maximum Gasteiger partial charge on any atom is 0.494 e. The van der Waals surface area contributed by atoms with Crippen LogP contribution in [0.3, 0.4) is 0 Å². The molecule has 0 spiro atoms. The number of hydrogen-bond acceptors (Lipinski definition) is 10. The summed E-state index contributed by atoms with van der Waals surface area (Å²) in [6.45, 7) is 24.5. The molecule has 12 aromatic rings. The fraction of sp³-hybridized carbons (Fsp3) is 0.243. The van der Waals surface area contributed by atoms with Gasteiger partial charge in [0.1, 0.15) is 0 Å². The molecule has 3 fully saturated rings. The molecular formula is C74H70B3BrN4O6. The third kappa shape index (κ3) is 10.9. The number of fused-ring (bicyclic) bond motifs is 12. The Hall–Kier alpha value is -7.65. The fourth-order valence-electron chi connectivity index (χ4n) is 11.8. The first-order chi connectivity index (χ1) is 42.0. The minimum Gasteiger partial charge on any atom is -0.405 e. The summed E-state index contributed by atoms with van der Waals surface area (Å²) < 4.78 is 37.5. The zero-order valence-corrected chi connectivity index (χ0v) is 53.6. The fourth-order valence-corrected chi connectivity index (χ4v) is 12.2. The molecule has 0 atom stereocenters. The van der Waals surface area contributed by atoms with Crippen molar-refractivity contribution in [3.8, 4) is 44.8 Å². The molecule has 3 saturated heterocycles. The van der Waals surface area contributed by atoms with Gasteiger partial charge in [0.2, 0.25) is 0 Å². The molecule has 0 saturated carbocycles. The van der Waals surface area contributed by atoms with Gasteiger partial charge in [0, 0.05) is 37.1 Å². The molecule has 10 nitrogen and oxygen atoms in total. The molecule has 0 N–H and O–H groups in total. The standard InChI is InChI=1S/C34H29BN2O2.C28H17BrN2.C12H24B2O4/c1-33(2)34(3,4)39-35(38-33)25-14-10-12-23(20-25)22-11-9-13-24(19-22)30-21-36-31-28-17-7-5-15-26(28)27-16-6-8-18-29(27)32(31)37-30;29-21-10-6-8-19(16-21)18-7-5-9-20(15-18)26-17-30-27-24-13-3-1-11-22(24)23-12-2-4-14-25(23)28(27)31-26;1-9(2)10(3,4)16-13(15-9)14-17-11(5,6)12(7,8)18-14/h5-21H,1-4H3;1-17H;1-8H3. The Morgan fingerprint density at radius 3 is 0.966 bits per heavy atom. The van der Waals surface area contributed by atoms with E-state index < -0.39 is 21.1 Å². The van der Waals surface area contributed by atoms with Crippen LogP contribution in [0.5, 0.6) is 0 Å². The Balaban J connectivity index is 0.000000130. The van der Waals surface area contributed by atoms with E-state index in [1.165, 1.54) is 27.1 Å². The van der Waals surface area contributed by atoms with Crippen LogP contribution in [0.4, 0.5) is 0 Å². The van der Waals surface area contributed by atoms with Crippen LogP contribution in [0.15, 0.2) is 211 Å². The lowest BCUT2D eigenvalue weighted by atomic mass is 9.49. The van der Waals surface area contributed by atoms with Crippen LogP contribution in [0.25, 0.3) is 110 Å². The third-order valence-electron chi connectivity index (χ3n) is 18.8. The van der Waals surface area contributed by atoms with Gasteiger partial charge in [0.25, 0.3) is 0 Å². The predicted molar refractivity (Wildman–Crippen MR) is 366 cm³/mol. The molecular weight excluding hydrogens is 1150 g/mol. The Morgan fingerprint density at radius 2 is 0.591 bits per heavy atom. The number of rotatable bonds is 6. The van der Waals surface area contributed by atoms with Crippen molar-refractivity contribution in [1.82, 2.24) is 19.9 Å². The number of halogens is 1. The van der Waals surface area contributed by atoms with E-state index in [-0.39, 0.29) is 33.6 Å². The average molecular weight is 1220 g/mol. The summed E-state index contributed by atoms with van der Waals surface area (Å²) in [4.78, 5) is 20.1. The summed E-state index contributed by atoms with van der Waals surface area (Å²) in [6.07, 6.45) is 3.78. The van der Waals surface area contributed by atoms with E-state index >= 15 is 0 Å². The molecule has 0 unspecified atom stereocenters. The van der Waals surface area contributed by atoms with Crippen molar-refractivity contribution in [3.63, 3.8) is 0 Å². The minimum atomic E-state index is -0.476. The molecule has 0 amide bonds. The number of benzene rings is 10. The highest BCUT2D eigenvalue weighted by molar-refractivity contribution is 9.10. The number of hydrogen-bond donors (Lipinski definition) is 0. The van der Waals surface area contributed by atoms with Crippen molar-refractivity contribution in [2.24, 2.45) is 0 Å². The monoisotopic (exact) mass is 1220 g/mol. The molecule has 15 rings (SSSR count). The summed E-state index contributed by atoms with van der Waals surface area (Å²) in [5, 5.41) is 9.33. The van der Waals surface area contributed by atoms with Crippen LogP contribution in [0.1, 0.15) is 83.1 Å². The van der Waals surface area contributed by atoms with Gasteiger partial charge in [0.15, 0.2) is 0 Å². The molecule has 10 aromatic carbocycles. The molecule has 0 radical (unpaired) electrons. The van der Waals surface area contributed by atoms with Crippen LogP contribution in [-0.2, 0) is 27.9 Å². The second-order valence-electron chi connectivity index (χ2n) is 26.2. The van der Waals surface area contributed by atoms with Crippen molar-refractivity contribution in [2.45, 2.75) is 117 Å². The molecule has 5 heterocycles. The summed E-state index contributed by atoms with van der Waals surface area (Å²) in [7, 11) is -1.35. The van der Waals surface area contributed by atoms with E-state index in [1.807, 2.05) is 73.8 Å². The first kappa shape index (κ1) is 59.3. The first-order valence-electron chi connectivity index (χ1n) is 30.2. The average Bonchev–Trinajstić information content (AvgIpc) is 0.968. The van der Waals surface area contributed by atoms with Crippen molar-refractivity contribution in [1.29, 1.82) is 0 Å². The lowest BCUT2D eigenvalue weighted by molar-refractivity contribution is 0.00578. The predicted octanol–water partition coefficient (Wildman–Crippen LogP) is 17.9. The molecule has 3 aliphatic heterocycles. The summed E-state index contributed by atoms with van der Waals surface area (Å²) in [5.74, 6) is 0. The Kier molecular flexibility index (Phi) is 15.1. The van der Waals surface area contributed by atoms with Gasteiger partial charge in [-0.1, -0.05) is 186 Å². The zero-order valence-electron chi connectivity index (χ0n) is 52.0. The number of aromatic nitrogens is 4. The highest BCUT2D eigenvalue weighted by Crippen LogP contribution is 2.44. The van der Waals surface area contributed by atoms with Gasteiger partial charge in [-0.25, -0.2) is 9.97 Å². The third-order valence-corrected chi connectivity index (χ3v) is 19.3. The lowest BCUT2D eigenvalue weighted by Gasteiger charge is -2.32. The largest absolute Gasteiger partial charge is 0.494 e. The van der Waals surface area contributed by atoms with Gasteiger partial charge < -0.3 is 27.9 Å². The first-order valence-corrected chi connectivity index (χ1v) is 31.0. The van der Waals surface area contributed by atoms with Crippen LogP contribution >= 0.6 is 15.9 Å². The molecule has 88 heavy (non-hydrogen) atoms. The van der Waals surface area contributed by atoms with E-state index in [2.05, 4.69) is 232 Å². The zero-order chi connectivity index (χ0) is 61.5. The van der Waals surface area contributed by atoms with Crippen molar-refractivity contribution >= 4 is 108 Å². The van der Waals surface area contributed by atoms with Crippen LogP contribution in [0, 0.1) is 0 Å². The van der Waals surface area contributed by atoms with Crippen molar-refractivity contribution < 1.29 is 27.9 Å². The van der Waals surface area contributed by atoms with Crippen molar-refractivity contribution in [3.05, 3.63) is 211 Å². The van der Waals surface area contributed by atoms with Crippen LogP contribution < -0.4 is 5.46 Å². The second kappa shape index (κ2) is 22.4. The Morgan fingerprint density at radius 1 is 0.295 bits per heavy atom. The van der Waals surface area contributed by atoms with Crippen molar-refractivity contribution in [2.75, 3.05) is 0 Å². The normalized spacial score (nSPS) is 17.8. The lowest BCUT2D eigenvalue weighted by Crippen LogP contribution is -2.41. The summed E-state index contributed by atoms with van der Waals surface area (Å²) in [6, 6.07) is 67.5. The van der Waals surface area contributed by atoms with Gasteiger partial charge in [-0.05, 0) is 157 Å². The quantitative estimate of drug-likeness (QED) is 0.118. The molecule has 2 aromatic heterocycles. The summed E-state index contributed by atoms with van der Waals surface area (Å²) in [5.41, 5.74) is 10.9. The van der Waals surface area contributed by atoms with Crippen LogP contribution in [0.2, 0.25) is 0 Å². The van der Waals surface area contributed by atoms with E-state index in [4.69, 9.17) is 47.9 Å². The minimum absolute atomic E-state index is 0.360. The molecule has 3 aliphatic rings. The number of nitrogens with zero attached hydrogens (tertiary/aromatic N) is 4. The van der Waals surface area contributed by atoms with Gasteiger partial charge in [-0.3, -0.25) is 9.97 Å². The van der Waals surface area contributed by atoms with Gasteiger partial charge in [0.05, 0.1) is 79.5 Å². The molecule has 0 aliphatic carbocycles. The van der Waals surface area contributed by atoms with Crippen LogP contribution in [-0.4, -0.2) is 74.7 Å². The molecule has 438 valence electrons. The Bertz CT molecular complexity index is 4540. The molecule has 0 bridgehead atoms. The molecule has 14 heteroatoms.